The van der Waals surface area contributed by atoms with Gasteiger partial charge in [0.2, 0.25) is 5.91 Å². The first kappa shape index (κ1) is 17.2. The van der Waals surface area contributed by atoms with Gasteiger partial charge in [-0.15, -0.1) is 0 Å². The molecule has 0 aliphatic heterocycles. The summed E-state index contributed by atoms with van der Waals surface area (Å²) >= 11 is 0. The van der Waals surface area contributed by atoms with Gasteiger partial charge in [-0.1, -0.05) is 67.4 Å². The number of nitrogens with one attached hydrogen (secondary N) is 1. The van der Waals surface area contributed by atoms with Gasteiger partial charge in [0.25, 0.3) is 0 Å². The van der Waals surface area contributed by atoms with E-state index >= 15 is 0 Å². The van der Waals surface area contributed by atoms with Crippen LogP contribution in [0.3, 0.4) is 0 Å². The largest absolute Gasteiger partial charge is 0.326 e. The van der Waals surface area contributed by atoms with E-state index < -0.39 is 0 Å². The number of hydrogen-bond donors (Lipinski definition) is 1. The standard InChI is InChI=1S/C22H23NO2/c1-2-9-17-14-19(24)15-20(16-10-5-3-6-11-16)21(17)22(25)23-18-12-7-4-8-13-18/h3-8,10-14,20-21H,2,9,15H2,1H3,(H,23,25)/t20-,21+/m0/s1. The van der Waals surface area contributed by atoms with Crippen molar-refractivity contribution in [3.63, 3.8) is 0 Å². The normalized spacial score (nSPS) is 20.0. The lowest BCUT2D eigenvalue weighted by Crippen LogP contribution is -2.34. The number of carbonyl (C=O) groups excluding carboxylic acids is 2. The predicted octanol–water partition coefficient (Wildman–Crippen LogP) is 4.72. The predicted molar refractivity (Wildman–Crippen MR) is 100 cm³/mol. The molecule has 1 aliphatic carbocycles. The summed E-state index contributed by atoms with van der Waals surface area (Å²) < 4.78 is 0. The Morgan fingerprint density at radius 2 is 1.68 bits per heavy atom. The average molecular weight is 333 g/mol. The molecule has 2 atom stereocenters. The fourth-order valence-corrected chi connectivity index (χ4v) is 3.57. The molecule has 0 saturated carbocycles. The van der Waals surface area contributed by atoms with Crippen LogP contribution in [0.5, 0.6) is 0 Å². The molecule has 0 heterocycles. The molecule has 0 radical (unpaired) electrons. The van der Waals surface area contributed by atoms with E-state index in [2.05, 4.69) is 12.2 Å². The molecule has 0 spiro atoms. The molecule has 3 heteroatoms. The summed E-state index contributed by atoms with van der Waals surface area (Å²) in [6, 6.07) is 19.4. The molecule has 1 amide bonds. The van der Waals surface area contributed by atoms with Gasteiger partial charge in [-0.3, -0.25) is 9.59 Å². The lowest BCUT2D eigenvalue weighted by Gasteiger charge is -2.31. The van der Waals surface area contributed by atoms with Gasteiger partial charge in [-0.2, -0.15) is 0 Å². The number of ketones is 1. The Bertz CT molecular complexity index is 765. The second kappa shape index (κ2) is 7.93. The van der Waals surface area contributed by atoms with Crippen molar-refractivity contribution in [3.8, 4) is 0 Å². The van der Waals surface area contributed by atoms with E-state index in [1.807, 2.05) is 60.7 Å². The maximum atomic E-state index is 13.1. The van der Waals surface area contributed by atoms with Crippen molar-refractivity contribution in [2.24, 2.45) is 5.92 Å². The summed E-state index contributed by atoms with van der Waals surface area (Å²) in [6.07, 6.45) is 3.75. The third kappa shape index (κ3) is 4.05. The summed E-state index contributed by atoms with van der Waals surface area (Å²) in [5, 5.41) is 3.02. The van der Waals surface area contributed by atoms with Gasteiger partial charge in [0.1, 0.15) is 0 Å². The summed E-state index contributed by atoms with van der Waals surface area (Å²) in [5.74, 6) is -0.336. The highest BCUT2D eigenvalue weighted by Gasteiger charge is 2.36. The molecule has 25 heavy (non-hydrogen) atoms. The SMILES string of the molecule is CCCC1=CC(=O)C[C@@H](c2ccccc2)[C@@H]1C(=O)Nc1ccccc1. The molecule has 1 N–H and O–H groups in total. The second-order valence-corrected chi connectivity index (χ2v) is 6.49. The number of rotatable bonds is 5. The van der Waals surface area contributed by atoms with E-state index in [0.29, 0.717) is 6.42 Å². The quantitative estimate of drug-likeness (QED) is 0.860. The van der Waals surface area contributed by atoms with Crippen molar-refractivity contribution in [3.05, 3.63) is 77.9 Å². The van der Waals surface area contributed by atoms with Gasteiger partial charge in [-0.25, -0.2) is 0 Å². The van der Waals surface area contributed by atoms with E-state index in [4.69, 9.17) is 0 Å². The number of carbonyl (C=O) groups is 2. The first-order valence-corrected chi connectivity index (χ1v) is 8.83. The first-order chi connectivity index (χ1) is 12.2. The Balaban J connectivity index is 1.94. The van der Waals surface area contributed by atoms with Gasteiger partial charge >= 0.3 is 0 Å². The molecule has 3 nitrogen and oxygen atoms in total. The highest BCUT2D eigenvalue weighted by molar-refractivity contribution is 6.00. The lowest BCUT2D eigenvalue weighted by molar-refractivity contribution is -0.121. The highest BCUT2D eigenvalue weighted by Crippen LogP contribution is 2.39. The minimum Gasteiger partial charge on any atom is -0.326 e. The molecule has 2 aromatic carbocycles. The minimum atomic E-state index is -0.305. The van der Waals surface area contributed by atoms with Crippen LogP contribution in [0.1, 0.15) is 37.7 Å². The lowest BCUT2D eigenvalue weighted by atomic mass is 9.72. The van der Waals surface area contributed by atoms with Crippen molar-refractivity contribution in [2.75, 3.05) is 5.32 Å². The topological polar surface area (TPSA) is 46.2 Å². The van der Waals surface area contributed by atoms with Crippen LogP contribution in [-0.4, -0.2) is 11.7 Å². The molecule has 0 saturated heterocycles. The molecule has 0 bridgehead atoms. The van der Waals surface area contributed by atoms with Crippen molar-refractivity contribution in [1.82, 2.24) is 0 Å². The Morgan fingerprint density at radius 3 is 2.32 bits per heavy atom. The van der Waals surface area contributed by atoms with E-state index in [-0.39, 0.29) is 23.5 Å². The summed E-state index contributed by atoms with van der Waals surface area (Å²) in [4.78, 5) is 25.3. The van der Waals surface area contributed by atoms with E-state index in [9.17, 15) is 9.59 Å². The zero-order valence-corrected chi connectivity index (χ0v) is 14.4. The average Bonchev–Trinajstić information content (AvgIpc) is 2.63. The highest BCUT2D eigenvalue weighted by atomic mass is 16.2. The molecular formula is C22H23NO2. The monoisotopic (exact) mass is 333 g/mol. The molecule has 0 unspecified atom stereocenters. The summed E-state index contributed by atoms with van der Waals surface area (Å²) in [7, 11) is 0. The zero-order chi connectivity index (χ0) is 17.6. The number of benzene rings is 2. The van der Waals surface area contributed by atoms with Crippen LogP contribution in [0.2, 0.25) is 0 Å². The van der Waals surface area contributed by atoms with Crippen LogP contribution in [0.15, 0.2) is 72.3 Å². The molecule has 3 rings (SSSR count). The number of allylic oxidation sites excluding steroid dienone is 1. The molecule has 2 aromatic rings. The van der Waals surface area contributed by atoms with Crippen LogP contribution >= 0.6 is 0 Å². The first-order valence-electron chi connectivity index (χ1n) is 8.83. The van der Waals surface area contributed by atoms with E-state index in [1.165, 1.54) is 0 Å². The number of hydrogen-bond acceptors (Lipinski definition) is 2. The van der Waals surface area contributed by atoms with Crippen LogP contribution in [-0.2, 0) is 9.59 Å². The molecule has 0 fully saturated rings. The van der Waals surface area contributed by atoms with E-state index in [0.717, 1.165) is 29.7 Å². The van der Waals surface area contributed by atoms with Gasteiger partial charge < -0.3 is 5.32 Å². The maximum absolute atomic E-state index is 13.1. The fraction of sp³-hybridized carbons (Fsp3) is 0.273. The maximum Gasteiger partial charge on any atom is 0.232 e. The Labute approximate surface area is 148 Å². The Kier molecular flexibility index (Phi) is 5.44. The smallest absolute Gasteiger partial charge is 0.232 e. The molecule has 1 aliphatic rings. The van der Waals surface area contributed by atoms with Gasteiger partial charge in [0.05, 0.1) is 5.92 Å². The molecule has 128 valence electrons. The minimum absolute atomic E-state index is 0.0350. The van der Waals surface area contributed by atoms with Crippen LogP contribution in [0, 0.1) is 5.92 Å². The summed E-state index contributed by atoms with van der Waals surface area (Å²) in [5.41, 5.74) is 2.78. The molecule has 0 aromatic heterocycles. The van der Waals surface area contributed by atoms with Crippen molar-refractivity contribution >= 4 is 17.4 Å². The Hall–Kier alpha value is -2.68. The third-order valence-electron chi connectivity index (χ3n) is 4.66. The second-order valence-electron chi connectivity index (χ2n) is 6.49. The van der Waals surface area contributed by atoms with Crippen LogP contribution in [0.4, 0.5) is 5.69 Å². The number of anilines is 1. The zero-order valence-electron chi connectivity index (χ0n) is 14.4. The van der Waals surface area contributed by atoms with Gasteiger partial charge in [0.15, 0.2) is 5.78 Å². The Morgan fingerprint density at radius 1 is 1.04 bits per heavy atom. The van der Waals surface area contributed by atoms with Crippen molar-refractivity contribution < 1.29 is 9.59 Å². The molecular weight excluding hydrogens is 310 g/mol. The van der Waals surface area contributed by atoms with Crippen LogP contribution < -0.4 is 5.32 Å². The van der Waals surface area contributed by atoms with Crippen molar-refractivity contribution in [2.45, 2.75) is 32.1 Å². The van der Waals surface area contributed by atoms with Crippen molar-refractivity contribution in [1.29, 1.82) is 0 Å². The number of para-hydroxylation sites is 1. The number of amides is 1. The van der Waals surface area contributed by atoms with E-state index in [1.54, 1.807) is 6.08 Å². The van der Waals surface area contributed by atoms with Gasteiger partial charge in [0, 0.05) is 18.0 Å². The fourth-order valence-electron chi connectivity index (χ4n) is 3.57. The van der Waals surface area contributed by atoms with Gasteiger partial charge in [-0.05, 0) is 30.2 Å². The summed E-state index contributed by atoms with van der Waals surface area (Å²) in [6.45, 7) is 2.07. The van der Waals surface area contributed by atoms with Crippen LogP contribution in [0.25, 0.3) is 0 Å². The third-order valence-corrected chi connectivity index (χ3v) is 4.66.